The van der Waals surface area contributed by atoms with Crippen LogP contribution in [0, 0.1) is 0 Å². The third kappa shape index (κ3) is 3.47. The minimum Gasteiger partial charge on any atom is -0.341 e. The second kappa shape index (κ2) is 7.55. The molecule has 0 aliphatic carbocycles. The summed E-state index contributed by atoms with van der Waals surface area (Å²) < 4.78 is 1.10. The number of thiophene rings is 1. The van der Waals surface area contributed by atoms with Gasteiger partial charge in [0.05, 0.1) is 16.4 Å². The summed E-state index contributed by atoms with van der Waals surface area (Å²) in [5.74, 6) is 1.03. The molecule has 0 bridgehead atoms. The summed E-state index contributed by atoms with van der Waals surface area (Å²) in [6.07, 6.45) is 8.28. The van der Waals surface area contributed by atoms with Gasteiger partial charge in [-0.2, -0.15) is 0 Å². The number of anilines is 1. The van der Waals surface area contributed by atoms with Crippen LogP contribution in [0.25, 0.3) is 10.2 Å². The molecule has 29 heavy (non-hydrogen) atoms. The highest BCUT2D eigenvalue weighted by molar-refractivity contribution is 7.17. The molecule has 2 aromatic rings. The summed E-state index contributed by atoms with van der Waals surface area (Å²) in [6, 6.07) is 2.03. The molecule has 0 radical (unpaired) electrons. The first-order chi connectivity index (χ1) is 14.1. The van der Waals surface area contributed by atoms with Gasteiger partial charge < -0.3 is 14.7 Å². The van der Waals surface area contributed by atoms with E-state index in [0.717, 1.165) is 80.9 Å². The lowest BCUT2D eigenvalue weighted by Gasteiger charge is -2.38. The zero-order valence-electron chi connectivity index (χ0n) is 16.7. The van der Waals surface area contributed by atoms with E-state index in [4.69, 9.17) is 4.98 Å². The van der Waals surface area contributed by atoms with Crippen LogP contribution in [0.3, 0.4) is 0 Å². The van der Waals surface area contributed by atoms with Crippen molar-refractivity contribution in [1.29, 1.82) is 0 Å². The predicted molar refractivity (Wildman–Crippen MR) is 113 cm³/mol. The molecule has 7 nitrogen and oxygen atoms in total. The van der Waals surface area contributed by atoms with Crippen LogP contribution in [-0.2, 0) is 9.59 Å². The fourth-order valence-electron chi connectivity index (χ4n) is 5.14. The van der Waals surface area contributed by atoms with Crippen molar-refractivity contribution in [2.75, 3.05) is 37.6 Å². The molecule has 1 atom stereocenters. The highest BCUT2D eigenvalue weighted by Gasteiger charge is 2.46. The third-order valence-corrected chi connectivity index (χ3v) is 7.66. The average Bonchev–Trinajstić information content (AvgIpc) is 3.44. The summed E-state index contributed by atoms with van der Waals surface area (Å²) >= 11 is 1.65. The van der Waals surface area contributed by atoms with E-state index in [1.54, 1.807) is 11.3 Å². The van der Waals surface area contributed by atoms with E-state index in [1.165, 1.54) is 0 Å². The Morgan fingerprint density at radius 2 is 1.97 bits per heavy atom. The van der Waals surface area contributed by atoms with Gasteiger partial charge in [0.15, 0.2) is 0 Å². The Kier molecular flexibility index (Phi) is 4.89. The number of carbonyl (C=O) groups is 2. The molecule has 5 rings (SSSR count). The molecule has 0 unspecified atom stereocenters. The second-order valence-electron chi connectivity index (χ2n) is 8.47. The van der Waals surface area contributed by atoms with Crippen LogP contribution in [0.4, 0.5) is 5.95 Å². The molecule has 0 N–H and O–H groups in total. The molecule has 8 heteroatoms. The van der Waals surface area contributed by atoms with E-state index < -0.39 is 0 Å². The third-order valence-electron chi connectivity index (χ3n) is 6.82. The Bertz CT molecular complexity index is 925. The molecule has 154 valence electrons. The highest BCUT2D eigenvalue weighted by atomic mass is 32.1. The number of hydrogen-bond acceptors (Lipinski definition) is 6. The van der Waals surface area contributed by atoms with Crippen molar-refractivity contribution in [2.45, 2.75) is 50.5 Å². The van der Waals surface area contributed by atoms with Crippen molar-refractivity contribution in [2.24, 2.45) is 0 Å². The van der Waals surface area contributed by atoms with Crippen LogP contribution in [-0.4, -0.2) is 69.8 Å². The van der Waals surface area contributed by atoms with Gasteiger partial charge >= 0.3 is 0 Å². The molecular formula is C21H27N5O2S. The van der Waals surface area contributed by atoms with Crippen molar-refractivity contribution in [1.82, 2.24) is 19.8 Å². The summed E-state index contributed by atoms with van der Waals surface area (Å²) in [5, 5.41) is 2.04. The largest absolute Gasteiger partial charge is 0.341 e. The molecule has 3 saturated heterocycles. The van der Waals surface area contributed by atoms with Gasteiger partial charge in [-0.1, -0.05) is 0 Å². The van der Waals surface area contributed by atoms with Gasteiger partial charge in [0, 0.05) is 38.1 Å². The normalized spacial score (nSPS) is 25.4. The van der Waals surface area contributed by atoms with E-state index in [9.17, 15) is 9.59 Å². The van der Waals surface area contributed by atoms with E-state index >= 15 is 0 Å². The van der Waals surface area contributed by atoms with Crippen LogP contribution in [0.1, 0.15) is 44.9 Å². The Labute approximate surface area is 174 Å². The Morgan fingerprint density at radius 1 is 1.10 bits per heavy atom. The van der Waals surface area contributed by atoms with Gasteiger partial charge in [0.2, 0.25) is 17.8 Å². The number of rotatable bonds is 3. The maximum Gasteiger partial charge on any atom is 0.242 e. The second-order valence-corrected chi connectivity index (χ2v) is 9.42. The molecule has 1 spiro atoms. The zero-order valence-corrected chi connectivity index (χ0v) is 17.5. The van der Waals surface area contributed by atoms with Crippen molar-refractivity contribution < 1.29 is 9.59 Å². The van der Waals surface area contributed by atoms with E-state index in [1.807, 2.05) is 27.4 Å². The molecule has 3 aliphatic heterocycles. The lowest BCUT2D eigenvalue weighted by Crippen LogP contribution is -2.51. The number of fused-ring (bicyclic) bond motifs is 1. The first-order valence-electron chi connectivity index (χ1n) is 10.7. The summed E-state index contributed by atoms with van der Waals surface area (Å²) in [6.45, 7) is 3.63. The van der Waals surface area contributed by atoms with Crippen LogP contribution >= 0.6 is 11.3 Å². The van der Waals surface area contributed by atoms with Gasteiger partial charge in [-0.15, -0.1) is 11.3 Å². The molecule has 5 heterocycles. The van der Waals surface area contributed by atoms with Gasteiger partial charge in [-0.3, -0.25) is 9.59 Å². The van der Waals surface area contributed by atoms with E-state index in [-0.39, 0.29) is 23.9 Å². The van der Waals surface area contributed by atoms with Crippen LogP contribution in [0.2, 0.25) is 0 Å². The Balaban J connectivity index is 1.32. The Hall–Kier alpha value is -2.22. The quantitative estimate of drug-likeness (QED) is 0.774. The number of likely N-dealkylation sites (tertiary alicyclic amines) is 2. The SMILES string of the molecule is O=C(CN1C(=O)CC[C@]12CCCN(c1ncc3sccc3n1)CC2)N1CCCC1. The molecule has 3 fully saturated rings. The van der Waals surface area contributed by atoms with Gasteiger partial charge in [0.1, 0.15) is 6.54 Å². The number of hydrogen-bond donors (Lipinski definition) is 0. The lowest BCUT2D eigenvalue weighted by molar-refractivity contribution is -0.141. The average molecular weight is 414 g/mol. The molecule has 3 aliphatic rings. The number of carbonyl (C=O) groups excluding carboxylic acids is 2. The first-order valence-corrected chi connectivity index (χ1v) is 11.6. The van der Waals surface area contributed by atoms with Crippen LogP contribution in [0.15, 0.2) is 17.6 Å². The predicted octanol–water partition coefficient (Wildman–Crippen LogP) is 2.67. The number of aromatic nitrogens is 2. The van der Waals surface area contributed by atoms with Crippen molar-refractivity contribution >= 4 is 39.3 Å². The minimum atomic E-state index is -0.187. The highest BCUT2D eigenvalue weighted by Crippen LogP contribution is 2.39. The van der Waals surface area contributed by atoms with Gasteiger partial charge in [-0.05, 0) is 50.0 Å². The lowest BCUT2D eigenvalue weighted by atomic mass is 9.87. The minimum absolute atomic E-state index is 0.115. The van der Waals surface area contributed by atoms with Gasteiger partial charge in [-0.25, -0.2) is 9.97 Å². The molecular weight excluding hydrogens is 386 g/mol. The smallest absolute Gasteiger partial charge is 0.242 e. The first kappa shape index (κ1) is 18.8. The molecule has 2 aromatic heterocycles. The number of nitrogens with zero attached hydrogens (tertiary/aromatic N) is 5. The van der Waals surface area contributed by atoms with Crippen molar-refractivity contribution in [3.05, 3.63) is 17.6 Å². The zero-order chi connectivity index (χ0) is 19.8. The topological polar surface area (TPSA) is 69.6 Å². The fraction of sp³-hybridized carbons (Fsp3) is 0.619. The standard InChI is InChI=1S/C21H27N5O2S/c27-18-4-7-21(26(18)15-19(28)24-9-1-2-10-24)6-3-11-25(12-8-21)20-22-14-17-16(23-20)5-13-29-17/h5,13-14H,1-4,6-12,15H2/t21-/m0/s1. The fourth-order valence-corrected chi connectivity index (χ4v) is 5.83. The molecule has 0 saturated carbocycles. The van der Waals surface area contributed by atoms with Crippen LogP contribution in [0.5, 0.6) is 0 Å². The summed E-state index contributed by atoms with van der Waals surface area (Å²) in [5.41, 5.74) is 0.807. The maximum atomic E-state index is 12.7. The molecule has 2 amide bonds. The van der Waals surface area contributed by atoms with Crippen molar-refractivity contribution in [3.63, 3.8) is 0 Å². The van der Waals surface area contributed by atoms with Crippen molar-refractivity contribution in [3.8, 4) is 0 Å². The van der Waals surface area contributed by atoms with Crippen LogP contribution < -0.4 is 4.90 Å². The van der Waals surface area contributed by atoms with E-state index in [0.29, 0.717) is 6.42 Å². The number of amides is 2. The summed E-state index contributed by atoms with van der Waals surface area (Å²) in [4.78, 5) is 40.8. The maximum absolute atomic E-state index is 12.7. The molecule has 0 aromatic carbocycles. The van der Waals surface area contributed by atoms with Gasteiger partial charge in [0.25, 0.3) is 0 Å². The summed E-state index contributed by atoms with van der Waals surface area (Å²) in [7, 11) is 0. The monoisotopic (exact) mass is 413 g/mol. The Morgan fingerprint density at radius 3 is 2.83 bits per heavy atom. The van der Waals surface area contributed by atoms with E-state index in [2.05, 4.69) is 9.88 Å².